The van der Waals surface area contributed by atoms with Crippen molar-refractivity contribution in [2.45, 2.75) is 6.92 Å². The van der Waals surface area contributed by atoms with Crippen LogP contribution in [0, 0.1) is 23.7 Å². The Morgan fingerprint density at radius 1 is 0.857 bits per heavy atom. The van der Waals surface area contributed by atoms with Gasteiger partial charge in [0.15, 0.2) is 0 Å². The van der Waals surface area contributed by atoms with E-state index in [0.29, 0.717) is 11.4 Å². The van der Waals surface area contributed by atoms with E-state index >= 15 is 0 Å². The minimum atomic E-state index is -0.318. The molecule has 0 spiro atoms. The van der Waals surface area contributed by atoms with Gasteiger partial charge in [-0.15, -0.1) is 0 Å². The number of nitrogens with zero attached hydrogens (tertiary/aromatic N) is 1. The van der Waals surface area contributed by atoms with Crippen molar-refractivity contribution in [3.8, 4) is 5.75 Å². The summed E-state index contributed by atoms with van der Waals surface area (Å²) in [6, 6.07) is 17.4. The quantitative estimate of drug-likeness (QED) is 0.603. The summed E-state index contributed by atoms with van der Waals surface area (Å²) in [5.74, 6) is -0.343. The Hall–Kier alpha value is -3.14. The number of benzene rings is 2. The summed E-state index contributed by atoms with van der Waals surface area (Å²) < 4.78 is 5.39. The van der Waals surface area contributed by atoms with E-state index in [-0.39, 0.29) is 35.5 Å². The van der Waals surface area contributed by atoms with Gasteiger partial charge in [0.05, 0.1) is 24.6 Å². The number of hydrogen-bond acceptors (Lipinski definition) is 3. The standard InChI is InChI=1S/C24H21NO3/c1-14(15-8-4-3-5-9-15)20-16-12-13-17(20)22-21(16)23(26)25(24(22)27)18-10-6-7-11-19(18)28-2/h3-13,16-17,21-22H,1-2H3/t16-,17-,21-,22-/m0/s1. The van der Waals surface area contributed by atoms with E-state index in [1.165, 1.54) is 16.0 Å². The number of carbonyl (C=O) groups is 2. The average Bonchev–Trinajstić information content (AvgIpc) is 3.37. The van der Waals surface area contributed by atoms with Crippen molar-refractivity contribution in [1.29, 1.82) is 0 Å². The molecule has 0 N–H and O–H groups in total. The number of rotatable bonds is 3. The molecule has 140 valence electrons. The predicted octanol–water partition coefficient (Wildman–Crippen LogP) is 4.09. The van der Waals surface area contributed by atoms with Gasteiger partial charge >= 0.3 is 0 Å². The summed E-state index contributed by atoms with van der Waals surface area (Å²) in [5, 5.41) is 0. The fraction of sp³-hybridized carbons (Fsp3) is 0.250. The second-order valence-electron chi connectivity index (χ2n) is 7.62. The Balaban J connectivity index is 1.57. The zero-order valence-corrected chi connectivity index (χ0v) is 15.8. The van der Waals surface area contributed by atoms with E-state index in [2.05, 4.69) is 31.2 Å². The maximum absolute atomic E-state index is 13.4. The monoisotopic (exact) mass is 371 g/mol. The van der Waals surface area contributed by atoms with Crippen LogP contribution in [-0.4, -0.2) is 18.9 Å². The lowest BCUT2D eigenvalue weighted by atomic mass is 9.85. The Labute approximate surface area is 164 Å². The topological polar surface area (TPSA) is 46.6 Å². The highest BCUT2D eigenvalue weighted by Gasteiger charge is 2.62. The summed E-state index contributed by atoms with van der Waals surface area (Å²) in [7, 11) is 1.56. The molecular formula is C24H21NO3. The number of amides is 2. The lowest BCUT2D eigenvalue weighted by Crippen LogP contribution is -2.33. The van der Waals surface area contributed by atoms with E-state index in [0.717, 1.165) is 5.56 Å². The summed E-state index contributed by atoms with van der Waals surface area (Å²) in [6.07, 6.45) is 4.23. The molecule has 2 fully saturated rings. The molecule has 2 amide bonds. The van der Waals surface area contributed by atoms with E-state index in [1.807, 2.05) is 30.3 Å². The first-order chi connectivity index (χ1) is 13.6. The number of imide groups is 1. The highest BCUT2D eigenvalue weighted by molar-refractivity contribution is 6.24. The fourth-order valence-electron chi connectivity index (χ4n) is 5.17. The molecule has 1 heterocycles. The largest absolute Gasteiger partial charge is 0.495 e. The molecule has 0 radical (unpaired) electrons. The van der Waals surface area contributed by atoms with Crippen molar-refractivity contribution in [2.75, 3.05) is 12.0 Å². The smallest absolute Gasteiger partial charge is 0.238 e. The third kappa shape index (κ3) is 2.18. The van der Waals surface area contributed by atoms with Gasteiger partial charge in [-0.3, -0.25) is 9.59 Å². The first-order valence-corrected chi connectivity index (χ1v) is 9.58. The molecule has 0 unspecified atom stereocenters. The molecule has 1 aliphatic heterocycles. The van der Waals surface area contributed by atoms with Crippen LogP contribution < -0.4 is 9.64 Å². The Kier molecular flexibility index (Phi) is 3.76. The van der Waals surface area contributed by atoms with E-state index in [4.69, 9.17) is 4.74 Å². The Morgan fingerprint density at radius 3 is 2.04 bits per heavy atom. The van der Waals surface area contributed by atoms with Crippen LogP contribution in [0.15, 0.2) is 72.3 Å². The van der Waals surface area contributed by atoms with E-state index in [1.54, 1.807) is 19.2 Å². The number of fused-ring (bicyclic) bond motifs is 5. The summed E-state index contributed by atoms with van der Waals surface area (Å²) in [4.78, 5) is 28.1. The number of anilines is 1. The molecule has 1 saturated carbocycles. The molecule has 28 heavy (non-hydrogen) atoms. The molecule has 2 bridgehead atoms. The van der Waals surface area contributed by atoms with Gasteiger partial charge in [0.2, 0.25) is 11.8 Å². The SMILES string of the molecule is COc1ccccc1N1C(=O)[C@@H]2[C@@H](C1=O)[C@H]1C=C[C@H]2C1=C(C)c1ccccc1. The molecule has 4 atom stereocenters. The zero-order chi connectivity index (χ0) is 19.4. The van der Waals surface area contributed by atoms with Gasteiger partial charge in [0, 0.05) is 11.8 Å². The average molecular weight is 371 g/mol. The van der Waals surface area contributed by atoms with Crippen LogP contribution in [0.2, 0.25) is 0 Å². The number of hydrogen-bond donors (Lipinski definition) is 0. The van der Waals surface area contributed by atoms with Crippen molar-refractivity contribution >= 4 is 23.1 Å². The lowest BCUT2D eigenvalue weighted by molar-refractivity contribution is -0.123. The van der Waals surface area contributed by atoms with Gasteiger partial charge in [0.25, 0.3) is 0 Å². The van der Waals surface area contributed by atoms with Crippen molar-refractivity contribution in [2.24, 2.45) is 23.7 Å². The summed E-state index contributed by atoms with van der Waals surface area (Å²) >= 11 is 0. The molecule has 2 aromatic rings. The van der Waals surface area contributed by atoms with Gasteiger partial charge in [0.1, 0.15) is 5.75 Å². The van der Waals surface area contributed by atoms with Crippen LogP contribution in [0.3, 0.4) is 0 Å². The van der Waals surface area contributed by atoms with Crippen molar-refractivity contribution in [3.05, 3.63) is 77.9 Å². The number of allylic oxidation sites excluding steroid dienone is 4. The van der Waals surface area contributed by atoms with Gasteiger partial charge in [-0.1, -0.05) is 60.2 Å². The van der Waals surface area contributed by atoms with Crippen LogP contribution in [0.25, 0.3) is 5.57 Å². The molecule has 3 aliphatic rings. The van der Waals surface area contributed by atoms with Gasteiger partial charge in [-0.25, -0.2) is 4.90 Å². The predicted molar refractivity (Wildman–Crippen MR) is 108 cm³/mol. The minimum Gasteiger partial charge on any atom is -0.495 e. The Morgan fingerprint density at radius 2 is 1.43 bits per heavy atom. The second-order valence-corrected chi connectivity index (χ2v) is 7.62. The first kappa shape index (κ1) is 17.0. The highest BCUT2D eigenvalue weighted by atomic mass is 16.5. The van der Waals surface area contributed by atoms with Gasteiger partial charge < -0.3 is 4.74 Å². The van der Waals surface area contributed by atoms with E-state index < -0.39 is 0 Å². The zero-order valence-electron chi connectivity index (χ0n) is 15.8. The van der Waals surface area contributed by atoms with E-state index in [9.17, 15) is 9.59 Å². The molecule has 0 aromatic heterocycles. The van der Waals surface area contributed by atoms with Crippen LogP contribution in [-0.2, 0) is 9.59 Å². The van der Waals surface area contributed by atoms with Crippen LogP contribution >= 0.6 is 0 Å². The third-order valence-electron chi connectivity index (χ3n) is 6.38. The molecule has 2 aliphatic carbocycles. The normalized spacial score (nSPS) is 27.5. The molecule has 2 aromatic carbocycles. The van der Waals surface area contributed by atoms with Crippen LogP contribution in [0.4, 0.5) is 5.69 Å². The van der Waals surface area contributed by atoms with Crippen LogP contribution in [0.1, 0.15) is 12.5 Å². The molecule has 5 rings (SSSR count). The number of carbonyl (C=O) groups excluding carboxylic acids is 2. The van der Waals surface area contributed by atoms with Crippen molar-refractivity contribution < 1.29 is 14.3 Å². The molecule has 1 saturated heterocycles. The maximum Gasteiger partial charge on any atom is 0.238 e. The maximum atomic E-state index is 13.4. The van der Waals surface area contributed by atoms with Gasteiger partial charge in [-0.05, 0) is 30.2 Å². The fourth-order valence-corrected chi connectivity index (χ4v) is 5.17. The van der Waals surface area contributed by atoms with Crippen molar-refractivity contribution in [1.82, 2.24) is 0 Å². The van der Waals surface area contributed by atoms with Crippen molar-refractivity contribution in [3.63, 3.8) is 0 Å². The summed E-state index contributed by atoms with van der Waals surface area (Å²) in [6.45, 7) is 2.10. The molecule has 4 nitrogen and oxygen atoms in total. The number of ether oxygens (including phenoxy) is 1. The van der Waals surface area contributed by atoms with Gasteiger partial charge in [-0.2, -0.15) is 0 Å². The highest BCUT2D eigenvalue weighted by Crippen LogP contribution is 2.58. The molecular weight excluding hydrogens is 350 g/mol. The first-order valence-electron chi connectivity index (χ1n) is 9.58. The van der Waals surface area contributed by atoms with Crippen LogP contribution in [0.5, 0.6) is 5.75 Å². The minimum absolute atomic E-state index is 0.00800. The third-order valence-corrected chi connectivity index (χ3v) is 6.38. The molecule has 4 heteroatoms. The Bertz CT molecular complexity index is 1000. The number of para-hydroxylation sites is 2. The lowest BCUT2D eigenvalue weighted by Gasteiger charge is -2.21. The summed E-state index contributed by atoms with van der Waals surface area (Å²) in [5.41, 5.74) is 4.10. The second kappa shape index (κ2) is 6.20. The number of methoxy groups -OCH3 is 1.